The molecule has 0 fully saturated rings. The largest absolute Gasteiger partial charge is 0.377 e. The summed E-state index contributed by atoms with van der Waals surface area (Å²) in [6, 6.07) is 37.5. The van der Waals surface area contributed by atoms with Gasteiger partial charge in [0.1, 0.15) is 0 Å². The standard InChI is InChI=1S/C31H26N2/c1-32(2)29-14-7-6-12-25(29)24-11-8-10-22(19-24)23-16-18-30-28(20-23)27-17-15-21-9-4-5-13-26(21)31(27)33(30)3/h4-20H,1-3H3. The van der Waals surface area contributed by atoms with Gasteiger partial charge in [-0.15, -0.1) is 0 Å². The van der Waals surface area contributed by atoms with Crippen LogP contribution in [0.2, 0.25) is 0 Å². The van der Waals surface area contributed by atoms with Crippen LogP contribution < -0.4 is 4.90 Å². The number of nitrogens with zero attached hydrogens (tertiary/aromatic N) is 2. The van der Waals surface area contributed by atoms with Gasteiger partial charge >= 0.3 is 0 Å². The lowest BCUT2D eigenvalue weighted by atomic mass is 9.96. The maximum atomic E-state index is 2.35. The Morgan fingerprint density at radius 2 is 1.33 bits per heavy atom. The van der Waals surface area contributed by atoms with Gasteiger partial charge in [-0.05, 0) is 46.3 Å². The molecule has 0 atom stereocenters. The number of rotatable bonds is 3. The molecule has 0 aliphatic rings. The first-order valence-corrected chi connectivity index (χ1v) is 11.4. The Morgan fingerprint density at radius 1 is 0.576 bits per heavy atom. The van der Waals surface area contributed by atoms with Crippen LogP contribution in [0.3, 0.4) is 0 Å². The molecule has 0 aliphatic heterocycles. The summed E-state index contributed by atoms with van der Waals surface area (Å²) in [6.45, 7) is 0. The second-order valence-corrected chi connectivity index (χ2v) is 8.97. The van der Waals surface area contributed by atoms with Gasteiger partial charge < -0.3 is 9.47 Å². The van der Waals surface area contributed by atoms with Crippen LogP contribution >= 0.6 is 0 Å². The summed E-state index contributed by atoms with van der Waals surface area (Å²) in [5, 5.41) is 5.19. The van der Waals surface area contributed by atoms with E-state index in [-0.39, 0.29) is 0 Å². The van der Waals surface area contributed by atoms with Crippen LogP contribution in [0, 0.1) is 0 Å². The lowest BCUT2D eigenvalue weighted by molar-refractivity contribution is 1.02. The van der Waals surface area contributed by atoms with Gasteiger partial charge in [0.2, 0.25) is 0 Å². The molecule has 6 aromatic rings. The van der Waals surface area contributed by atoms with Crippen LogP contribution in [-0.2, 0) is 7.05 Å². The summed E-state index contributed by atoms with van der Waals surface area (Å²) < 4.78 is 2.33. The van der Waals surface area contributed by atoms with E-state index < -0.39 is 0 Å². The van der Waals surface area contributed by atoms with E-state index in [1.165, 1.54) is 60.5 Å². The van der Waals surface area contributed by atoms with E-state index in [2.05, 4.69) is 134 Å². The summed E-state index contributed by atoms with van der Waals surface area (Å²) in [5.41, 5.74) is 8.76. The number of aromatic nitrogens is 1. The van der Waals surface area contributed by atoms with Crippen molar-refractivity contribution in [2.45, 2.75) is 0 Å². The smallest absolute Gasteiger partial charge is 0.0568 e. The van der Waals surface area contributed by atoms with Crippen molar-refractivity contribution in [2.75, 3.05) is 19.0 Å². The molecular weight excluding hydrogens is 400 g/mol. The van der Waals surface area contributed by atoms with Crippen molar-refractivity contribution >= 4 is 38.3 Å². The minimum Gasteiger partial charge on any atom is -0.377 e. The van der Waals surface area contributed by atoms with Gasteiger partial charge in [0.05, 0.1) is 5.52 Å². The van der Waals surface area contributed by atoms with Gasteiger partial charge in [0, 0.05) is 54.1 Å². The van der Waals surface area contributed by atoms with Gasteiger partial charge in [-0.2, -0.15) is 0 Å². The summed E-state index contributed by atoms with van der Waals surface area (Å²) in [4.78, 5) is 2.18. The third-order valence-corrected chi connectivity index (χ3v) is 6.78. The molecule has 0 bridgehead atoms. The number of benzene rings is 5. The number of fused-ring (bicyclic) bond motifs is 5. The predicted octanol–water partition coefficient (Wildman–Crippen LogP) is 7.88. The molecule has 0 N–H and O–H groups in total. The fourth-order valence-corrected chi connectivity index (χ4v) is 5.15. The Bertz CT molecular complexity index is 1650. The van der Waals surface area contributed by atoms with E-state index in [9.17, 15) is 0 Å². The Hall–Kier alpha value is -4.04. The van der Waals surface area contributed by atoms with Gasteiger partial charge in [0.25, 0.3) is 0 Å². The molecule has 1 heterocycles. The summed E-state index contributed by atoms with van der Waals surface area (Å²) in [5.74, 6) is 0. The Morgan fingerprint density at radius 3 is 2.21 bits per heavy atom. The molecule has 0 spiro atoms. The first kappa shape index (κ1) is 19.6. The minimum absolute atomic E-state index is 1.23. The van der Waals surface area contributed by atoms with Crippen LogP contribution in [0.25, 0.3) is 54.8 Å². The van der Waals surface area contributed by atoms with E-state index in [1.807, 2.05) is 0 Å². The highest BCUT2D eigenvalue weighted by atomic mass is 15.1. The van der Waals surface area contributed by atoms with E-state index in [4.69, 9.17) is 0 Å². The number of anilines is 1. The van der Waals surface area contributed by atoms with Crippen molar-refractivity contribution in [1.82, 2.24) is 4.57 Å². The zero-order valence-corrected chi connectivity index (χ0v) is 19.2. The maximum Gasteiger partial charge on any atom is 0.0568 e. The summed E-state index contributed by atoms with van der Waals surface area (Å²) in [6.07, 6.45) is 0. The van der Waals surface area contributed by atoms with Crippen molar-refractivity contribution in [3.8, 4) is 22.3 Å². The summed E-state index contributed by atoms with van der Waals surface area (Å²) >= 11 is 0. The molecule has 0 radical (unpaired) electrons. The second-order valence-electron chi connectivity index (χ2n) is 8.97. The maximum absolute atomic E-state index is 2.35. The van der Waals surface area contributed by atoms with Crippen molar-refractivity contribution in [3.05, 3.63) is 103 Å². The van der Waals surface area contributed by atoms with Crippen LogP contribution in [0.1, 0.15) is 0 Å². The fraction of sp³-hybridized carbons (Fsp3) is 0.0968. The highest BCUT2D eigenvalue weighted by molar-refractivity contribution is 6.18. The predicted molar refractivity (Wildman–Crippen MR) is 143 cm³/mol. The molecule has 1 aromatic heterocycles. The molecule has 33 heavy (non-hydrogen) atoms. The number of hydrogen-bond acceptors (Lipinski definition) is 1. The molecule has 160 valence electrons. The van der Waals surface area contributed by atoms with E-state index in [0.29, 0.717) is 0 Å². The molecule has 0 amide bonds. The first-order valence-electron chi connectivity index (χ1n) is 11.4. The van der Waals surface area contributed by atoms with E-state index in [0.717, 1.165) is 0 Å². The average Bonchev–Trinajstić information content (AvgIpc) is 3.16. The van der Waals surface area contributed by atoms with Gasteiger partial charge in [-0.3, -0.25) is 0 Å². The molecule has 0 aliphatic carbocycles. The molecule has 2 heteroatoms. The van der Waals surface area contributed by atoms with Crippen molar-refractivity contribution in [2.24, 2.45) is 7.05 Å². The lowest BCUT2D eigenvalue weighted by Crippen LogP contribution is -2.09. The van der Waals surface area contributed by atoms with Gasteiger partial charge in [-0.25, -0.2) is 0 Å². The highest BCUT2D eigenvalue weighted by Crippen LogP contribution is 2.37. The molecule has 0 saturated carbocycles. The zero-order chi connectivity index (χ0) is 22.5. The molecular formula is C31H26N2. The van der Waals surface area contributed by atoms with E-state index >= 15 is 0 Å². The Labute approximate surface area is 194 Å². The van der Waals surface area contributed by atoms with Crippen molar-refractivity contribution in [3.63, 3.8) is 0 Å². The van der Waals surface area contributed by atoms with Crippen LogP contribution in [-0.4, -0.2) is 18.7 Å². The van der Waals surface area contributed by atoms with Crippen LogP contribution in [0.5, 0.6) is 0 Å². The normalized spacial score (nSPS) is 11.5. The molecule has 0 saturated heterocycles. The Kier molecular flexibility index (Phi) is 4.48. The Balaban J connectivity index is 1.54. The minimum atomic E-state index is 1.23. The number of aryl methyl sites for hydroxylation is 1. The van der Waals surface area contributed by atoms with Gasteiger partial charge in [-0.1, -0.05) is 78.9 Å². The molecule has 6 rings (SSSR count). The average molecular weight is 427 g/mol. The zero-order valence-electron chi connectivity index (χ0n) is 19.2. The fourth-order valence-electron chi connectivity index (χ4n) is 5.15. The number of para-hydroxylation sites is 1. The summed E-state index contributed by atoms with van der Waals surface area (Å²) in [7, 11) is 6.37. The second kappa shape index (κ2) is 7.53. The highest BCUT2D eigenvalue weighted by Gasteiger charge is 2.13. The first-order chi connectivity index (χ1) is 16.1. The third-order valence-electron chi connectivity index (χ3n) is 6.78. The lowest BCUT2D eigenvalue weighted by Gasteiger charge is -2.18. The quantitative estimate of drug-likeness (QED) is 0.279. The SMILES string of the molecule is CN(C)c1ccccc1-c1cccc(-c2ccc3c(c2)c2ccc4ccccc4c2n3C)c1. The van der Waals surface area contributed by atoms with Gasteiger partial charge in [0.15, 0.2) is 0 Å². The number of hydrogen-bond donors (Lipinski definition) is 0. The van der Waals surface area contributed by atoms with Crippen LogP contribution in [0.4, 0.5) is 5.69 Å². The third kappa shape index (κ3) is 3.10. The van der Waals surface area contributed by atoms with Crippen LogP contribution in [0.15, 0.2) is 103 Å². The molecule has 5 aromatic carbocycles. The molecule has 2 nitrogen and oxygen atoms in total. The van der Waals surface area contributed by atoms with E-state index in [1.54, 1.807) is 0 Å². The monoisotopic (exact) mass is 426 g/mol. The molecule has 0 unspecified atom stereocenters. The van der Waals surface area contributed by atoms with Crippen molar-refractivity contribution < 1.29 is 0 Å². The topological polar surface area (TPSA) is 8.17 Å². The van der Waals surface area contributed by atoms with Crippen molar-refractivity contribution in [1.29, 1.82) is 0 Å².